The van der Waals surface area contributed by atoms with Gasteiger partial charge < -0.3 is 5.32 Å². The zero-order chi connectivity index (χ0) is 14.8. The van der Waals surface area contributed by atoms with Crippen molar-refractivity contribution >= 4 is 25.6 Å². The molecule has 1 rings (SSSR count). The SMILES string of the molecule is CCCNC(=O)C(C)n1nc(C)c(S(=O)(=O)Cl)c1C. The molecule has 0 aliphatic carbocycles. The van der Waals surface area contributed by atoms with E-state index in [1.54, 1.807) is 20.8 Å². The predicted molar refractivity (Wildman–Crippen MR) is 72.8 cm³/mol. The topological polar surface area (TPSA) is 81.1 Å². The van der Waals surface area contributed by atoms with Crippen LogP contribution in [-0.2, 0) is 13.8 Å². The molecule has 108 valence electrons. The van der Waals surface area contributed by atoms with Gasteiger partial charge in [-0.25, -0.2) is 8.42 Å². The summed E-state index contributed by atoms with van der Waals surface area (Å²) < 4.78 is 24.3. The Morgan fingerprint density at radius 2 is 2.05 bits per heavy atom. The molecule has 6 nitrogen and oxygen atoms in total. The van der Waals surface area contributed by atoms with E-state index in [1.165, 1.54) is 4.68 Å². The highest BCUT2D eigenvalue weighted by Gasteiger charge is 2.26. The molecule has 19 heavy (non-hydrogen) atoms. The Labute approximate surface area is 117 Å². The number of hydrogen-bond acceptors (Lipinski definition) is 4. The van der Waals surface area contributed by atoms with Crippen LogP contribution >= 0.6 is 10.7 Å². The fraction of sp³-hybridized carbons (Fsp3) is 0.636. The van der Waals surface area contributed by atoms with Crippen molar-refractivity contribution in [2.24, 2.45) is 0 Å². The minimum absolute atomic E-state index is 0.0238. The Balaban J connectivity index is 3.13. The van der Waals surface area contributed by atoms with Gasteiger partial charge in [0.15, 0.2) is 0 Å². The van der Waals surface area contributed by atoms with E-state index in [9.17, 15) is 13.2 Å². The molecule has 1 amide bonds. The molecule has 1 atom stereocenters. The van der Waals surface area contributed by atoms with Crippen molar-refractivity contribution in [1.82, 2.24) is 15.1 Å². The van der Waals surface area contributed by atoms with Gasteiger partial charge in [-0.1, -0.05) is 6.92 Å². The summed E-state index contributed by atoms with van der Waals surface area (Å²) in [6.07, 6.45) is 0.830. The Morgan fingerprint density at radius 1 is 1.47 bits per heavy atom. The second-order valence-corrected chi connectivity index (χ2v) is 6.85. The second-order valence-electron chi connectivity index (χ2n) is 4.35. The van der Waals surface area contributed by atoms with E-state index in [2.05, 4.69) is 10.4 Å². The first-order chi connectivity index (χ1) is 8.70. The molecule has 0 aliphatic heterocycles. The highest BCUT2D eigenvalue weighted by atomic mass is 35.7. The number of aryl methyl sites for hydroxylation is 1. The van der Waals surface area contributed by atoms with Crippen molar-refractivity contribution in [1.29, 1.82) is 0 Å². The molecule has 0 saturated heterocycles. The molecule has 1 aromatic heterocycles. The van der Waals surface area contributed by atoms with Crippen LogP contribution in [0.1, 0.15) is 37.7 Å². The molecule has 0 saturated carbocycles. The van der Waals surface area contributed by atoms with Crippen LogP contribution in [0.4, 0.5) is 0 Å². The summed E-state index contributed by atoms with van der Waals surface area (Å²) in [5.41, 5.74) is 0.661. The minimum atomic E-state index is -3.86. The lowest BCUT2D eigenvalue weighted by Crippen LogP contribution is -2.32. The summed E-state index contributed by atoms with van der Waals surface area (Å²) in [5.74, 6) is -0.203. The maximum absolute atomic E-state index is 11.9. The molecule has 0 aromatic carbocycles. The monoisotopic (exact) mass is 307 g/mol. The van der Waals surface area contributed by atoms with E-state index in [0.29, 0.717) is 17.9 Å². The van der Waals surface area contributed by atoms with Gasteiger partial charge in [-0.3, -0.25) is 9.48 Å². The molecule has 0 radical (unpaired) electrons. The van der Waals surface area contributed by atoms with Gasteiger partial charge in [-0.2, -0.15) is 5.10 Å². The number of nitrogens with zero attached hydrogens (tertiary/aromatic N) is 2. The normalized spacial score (nSPS) is 13.3. The molecule has 0 bridgehead atoms. The first-order valence-corrected chi connectivity index (χ1v) is 8.29. The molecule has 8 heteroatoms. The molecule has 1 aromatic rings. The molecule has 0 aliphatic rings. The lowest BCUT2D eigenvalue weighted by Gasteiger charge is -2.14. The van der Waals surface area contributed by atoms with Crippen LogP contribution in [-0.4, -0.2) is 30.7 Å². The lowest BCUT2D eigenvalue weighted by molar-refractivity contribution is -0.124. The Morgan fingerprint density at radius 3 is 2.47 bits per heavy atom. The molecular weight excluding hydrogens is 290 g/mol. The number of rotatable bonds is 5. The van der Waals surface area contributed by atoms with E-state index in [0.717, 1.165) is 6.42 Å². The molecular formula is C11H18ClN3O3S. The van der Waals surface area contributed by atoms with Gasteiger partial charge in [0.2, 0.25) is 5.91 Å². The summed E-state index contributed by atoms with van der Waals surface area (Å²) in [5, 5.41) is 6.84. The summed E-state index contributed by atoms with van der Waals surface area (Å²) in [6, 6.07) is -0.586. The molecule has 1 heterocycles. The predicted octanol–water partition coefficient (Wildman–Crippen LogP) is 1.51. The van der Waals surface area contributed by atoms with E-state index >= 15 is 0 Å². The highest BCUT2D eigenvalue weighted by Crippen LogP contribution is 2.25. The first kappa shape index (κ1) is 16.0. The lowest BCUT2D eigenvalue weighted by atomic mass is 10.3. The van der Waals surface area contributed by atoms with Crippen molar-refractivity contribution in [3.8, 4) is 0 Å². The van der Waals surface area contributed by atoms with E-state index in [4.69, 9.17) is 10.7 Å². The van der Waals surface area contributed by atoms with Crippen molar-refractivity contribution in [2.45, 2.75) is 45.1 Å². The number of carbonyl (C=O) groups is 1. The zero-order valence-electron chi connectivity index (χ0n) is 11.4. The van der Waals surface area contributed by atoms with Gasteiger partial charge in [0.05, 0.1) is 11.4 Å². The number of carbonyl (C=O) groups excluding carboxylic acids is 1. The minimum Gasteiger partial charge on any atom is -0.354 e. The maximum Gasteiger partial charge on any atom is 0.264 e. The molecule has 1 unspecified atom stereocenters. The molecule has 1 N–H and O–H groups in total. The third-order valence-electron chi connectivity index (χ3n) is 2.80. The number of halogens is 1. The third kappa shape index (κ3) is 3.48. The van der Waals surface area contributed by atoms with Crippen LogP contribution in [0.25, 0.3) is 0 Å². The summed E-state index contributed by atoms with van der Waals surface area (Å²) in [4.78, 5) is 11.8. The fourth-order valence-corrected chi connectivity index (χ4v) is 3.39. The van der Waals surface area contributed by atoms with E-state index in [1.807, 2.05) is 6.92 Å². The van der Waals surface area contributed by atoms with Gasteiger partial charge in [0.1, 0.15) is 10.9 Å². The van der Waals surface area contributed by atoms with Crippen molar-refractivity contribution < 1.29 is 13.2 Å². The van der Waals surface area contributed by atoms with Gasteiger partial charge in [0.25, 0.3) is 9.05 Å². The Kier molecular flexibility index (Phi) is 4.98. The standard InChI is InChI=1S/C11H18ClN3O3S/c1-5-6-13-11(16)9(4)15-8(3)10(7(2)14-15)19(12,17)18/h9H,5-6H2,1-4H3,(H,13,16). The summed E-state index contributed by atoms with van der Waals surface area (Å²) in [7, 11) is 1.51. The Hall–Kier alpha value is -1.08. The Bertz CT molecular complexity index is 580. The van der Waals surface area contributed by atoms with Gasteiger partial charge in [-0.15, -0.1) is 0 Å². The average molecular weight is 308 g/mol. The van der Waals surface area contributed by atoms with Crippen LogP contribution in [0.3, 0.4) is 0 Å². The maximum atomic E-state index is 11.9. The zero-order valence-corrected chi connectivity index (χ0v) is 13.0. The van der Waals surface area contributed by atoms with Gasteiger partial charge in [-0.05, 0) is 27.2 Å². The van der Waals surface area contributed by atoms with E-state index in [-0.39, 0.29) is 10.8 Å². The first-order valence-electron chi connectivity index (χ1n) is 5.98. The van der Waals surface area contributed by atoms with Crippen molar-refractivity contribution in [2.75, 3.05) is 6.54 Å². The number of aromatic nitrogens is 2. The highest BCUT2D eigenvalue weighted by molar-refractivity contribution is 8.13. The summed E-state index contributed by atoms with van der Waals surface area (Å²) >= 11 is 0. The smallest absolute Gasteiger partial charge is 0.264 e. The fourth-order valence-electron chi connectivity index (χ4n) is 1.88. The van der Waals surface area contributed by atoms with Crippen molar-refractivity contribution in [3.63, 3.8) is 0 Å². The second kappa shape index (κ2) is 5.92. The summed E-state index contributed by atoms with van der Waals surface area (Å²) in [6.45, 7) is 7.32. The van der Waals surface area contributed by atoms with Crippen LogP contribution in [0.5, 0.6) is 0 Å². The molecule has 0 fully saturated rings. The average Bonchev–Trinajstić information content (AvgIpc) is 2.59. The van der Waals surface area contributed by atoms with Crippen LogP contribution in [0.15, 0.2) is 4.90 Å². The van der Waals surface area contributed by atoms with Crippen LogP contribution in [0, 0.1) is 13.8 Å². The quantitative estimate of drug-likeness (QED) is 0.836. The van der Waals surface area contributed by atoms with E-state index < -0.39 is 15.1 Å². The number of amides is 1. The van der Waals surface area contributed by atoms with Gasteiger partial charge >= 0.3 is 0 Å². The molecule has 0 spiro atoms. The largest absolute Gasteiger partial charge is 0.354 e. The number of hydrogen-bond donors (Lipinski definition) is 1. The van der Waals surface area contributed by atoms with Crippen molar-refractivity contribution in [3.05, 3.63) is 11.4 Å². The number of nitrogens with one attached hydrogen (secondary N) is 1. The van der Waals surface area contributed by atoms with Crippen LogP contribution < -0.4 is 5.32 Å². The van der Waals surface area contributed by atoms with Crippen LogP contribution in [0.2, 0.25) is 0 Å². The van der Waals surface area contributed by atoms with Gasteiger partial charge in [0, 0.05) is 17.2 Å². The third-order valence-corrected chi connectivity index (χ3v) is 4.34.